The summed E-state index contributed by atoms with van der Waals surface area (Å²) in [5.74, 6) is 0. The van der Waals surface area contributed by atoms with Crippen LogP contribution in [0.5, 0.6) is 0 Å². The molecule has 0 aliphatic heterocycles. The maximum Gasteiger partial charge on any atom is -0.00143 e. The van der Waals surface area contributed by atoms with E-state index in [0.717, 1.165) is 6.42 Å². The van der Waals surface area contributed by atoms with E-state index in [-0.39, 0.29) is 0 Å². The molecule has 0 atom stereocenters. The van der Waals surface area contributed by atoms with Crippen molar-refractivity contribution in [3.8, 4) is 11.1 Å². The van der Waals surface area contributed by atoms with Crippen LogP contribution in [0.25, 0.3) is 71.1 Å². The molecule has 192 valence electrons. The standard InChI is InChI=1S/C41H28/c1-2-14-31(15-3-1)40-37-22-9-8-21-35(37)36(38-27-26-29-13-5-7-20-34(29)41(38)40)23-11-18-30-16-10-17-32-25-24-28-12-4-6-19-33(28)39(30)32/h1-17,19-27H,18H2/b23-11+. The Hall–Kier alpha value is -5.20. The van der Waals surface area contributed by atoms with Crippen LogP contribution in [0.4, 0.5) is 0 Å². The Morgan fingerprint density at radius 2 is 0.976 bits per heavy atom. The first-order valence-electron chi connectivity index (χ1n) is 14.3. The molecule has 8 rings (SSSR count). The number of hydrogen-bond acceptors (Lipinski definition) is 0. The van der Waals surface area contributed by atoms with Gasteiger partial charge in [-0.25, -0.2) is 0 Å². The molecular formula is C41H28. The fourth-order valence-electron chi connectivity index (χ4n) is 6.68. The molecule has 0 N–H and O–H groups in total. The molecule has 0 aliphatic carbocycles. The molecule has 0 radical (unpaired) electrons. The van der Waals surface area contributed by atoms with E-state index < -0.39 is 0 Å². The van der Waals surface area contributed by atoms with E-state index in [4.69, 9.17) is 0 Å². The summed E-state index contributed by atoms with van der Waals surface area (Å²) in [6, 6.07) is 53.0. The maximum absolute atomic E-state index is 2.36. The lowest BCUT2D eigenvalue weighted by molar-refractivity contribution is 1.32. The topological polar surface area (TPSA) is 0 Å². The third kappa shape index (κ3) is 3.91. The van der Waals surface area contributed by atoms with Gasteiger partial charge in [-0.15, -0.1) is 0 Å². The van der Waals surface area contributed by atoms with Gasteiger partial charge < -0.3 is 0 Å². The minimum atomic E-state index is 0.870. The van der Waals surface area contributed by atoms with Crippen LogP contribution >= 0.6 is 0 Å². The molecule has 0 amide bonds. The molecule has 0 spiro atoms. The summed E-state index contributed by atoms with van der Waals surface area (Å²) in [6.45, 7) is 0. The lowest BCUT2D eigenvalue weighted by atomic mass is 9.86. The molecule has 0 saturated carbocycles. The number of fused-ring (bicyclic) bond motifs is 7. The molecule has 0 bridgehead atoms. The van der Waals surface area contributed by atoms with Crippen LogP contribution in [-0.4, -0.2) is 0 Å². The molecule has 0 saturated heterocycles. The number of rotatable bonds is 4. The van der Waals surface area contributed by atoms with Crippen molar-refractivity contribution in [1.29, 1.82) is 0 Å². The van der Waals surface area contributed by atoms with Gasteiger partial charge in [0.05, 0.1) is 0 Å². The van der Waals surface area contributed by atoms with Crippen LogP contribution in [0.15, 0.2) is 152 Å². The first kappa shape index (κ1) is 23.7. The van der Waals surface area contributed by atoms with Gasteiger partial charge >= 0.3 is 0 Å². The Morgan fingerprint density at radius 1 is 0.390 bits per heavy atom. The second-order valence-corrected chi connectivity index (χ2v) is 10.8. The van der Waals surface area contributed by atoms with E-state index >= 15 is 0 Å². The van der Waals surface area contributed by atoms with Crippen LogP contribution in [0.1, 0.15) is 11.1 Å². The summed E-state index contributed by atoms with van der Waals surface area (Å²) in [6.07, 6.45) is 5.59. The summed E-state index contributed by atoms with van der Waals surface area (Å²) >= 11 is 0. The number of allylic oxidation sites excluding steroid dienone is 1. The molecule has 0 heterocycles. The minimum Gasteiger partial charge on any atom is -0.0795 e. The zero-order valence-corrected chi connectivity index (χ0v) is 22.7. The van der Waals surface area contributed by atoms with Gasteiger partial charge in [0.2, 0.25) is 0 Å². The normalized spacial score (nSPS) is 11.9. The first-order chi connectivity index (χ1) is 20.4. The van der Waals surface area contributed by atoms with Crippen molar-refractivity contribution in [2.45, 2.75) is 6.42 Å². The van der Waals surface area contributed by atoms with Crippen molar-refractivity contribution < 1.29 is 0 Å². The van der Waals surface area contributed by atoms with Crippen molar-refractivity contribution in [3.05, 3.63) is 163 Å². The van der Waals surface area contributed by atoms with Crippen LogP contribution in [-0.2, 0) is 6.42 Å². The van der Waals surface area contributed by atoms with Gasteiger partial charge in [-0.05, 0) is 82.5 Å². The Kier molecular flexibility index (Phi) is 5.64. The fourth-order valence-corrected chi connectivity index (χ4v) is 6.68. The molecule has 0 aromatic heterocycles. The summed E-state index contributed by atoms with van der Waals surface area (Å²) < 4.78 is 0. The largest absolute Gasteiger partial charge is 0.0795 e. The lowest BCUT2D eigenvalue weighted by Gasteiger charge is -2.17. The van der Waals surface area contributed by atoms with Gasteiger partial charge in [0, 0.05) is 0 Å². The van der Waals surface area contributed by atoms with E-state index in [9.17, 15) is 0 Å². The SMILES string of the molecule is C(=C\c1c2ccccc2c(-c2ccccc2)c2c1ccc1ccccc12)/Cc1cccc2ccc3ccccc3c12. The molecule has 41 heavy (non-hydrogen) atoms. The summed E-state index contributed by atoms with van der Waals surface area (Å²) in [5.41, 5.74) is 5.20. The molecule has 0 aliphatic rings. The van der Waals surface area contributed by atoms with Crippen molar-refractivity contribution in [2.75, 3.05) is 0 Å². The summed E-state index contributed by atoms with van der Waals surface area (Å²) in [4.78, 5) is 0. The highest BCUT2D eigenvalue weighted by Gasteiger charge is 2.16. The van der Waals surface area contributed by atoms with Crippen LogP contribution in [0.3, 0.4) is 0 Å². The van der Waals surface area contributed by atoms with Crippen molar-refractivity contribution in [3.63, 3.8) is 0 Å². The minimum absolute atomic E-state index is 0.870. The highest BCUT2D eigenvalue weighted by atomic mass is 14.2. The fraction of sp³-hybridized carbons (Fsp3) is 0.0244. The second kappa shape index (κ2) is 9.77. The Morgan fingerprint density at radius 3 is 1.76 bits per heavy atom. The molecule has 8 aromatic rings. The molecule has 0 heteroatoms. The zero-order valence-electron chi connectivity index (χ0n) is 22.7. The number of hydrogen-bond donors (Lipinski definition) is 0. The van der Waals surface area contributed by atoms with Crippen molar-refractivity contribution in [2.24, 2.45) is 0 Å². The number of benzene rings is 8. The van der Waals surface area contributed by atoms with E-state index in [0.29, 0.717) is 0 Å². The molecule has 0 unspecified atom stereocenters. The molecule has 0 nitrogen and oxygen atoms in total. The molecule has 8 aromatic carbocycles. The van der Waals surface area contributed by atoms with Gasteiger partial charge in [0.1, 0.15) is 0 Å². The van der Waals surface area contributed by atoms with Gasteiger partial charge in [-0.2, -0.15) is 0 Å². The van der Waals surface area contributed by atoms with Crippen LogP contribution in [0.2, 0.25) is 0 Å². The van der Waals surface area contributed by atoms with E-state index in [1.165, 1.54) is 76.1 Å². The summed E-state index contributed by atoms with van der Waals surface area (Å²) in [7, 11) is 0. The smallest absolute Gasteiger partial charge is 0.00143 e. The van der Waals surface area contributed by atoms with Crippen molar-refractivity contribution >= 4 is 59.9 Å². The second-order valence-electron chi connectivity index (χ2n) is 10.8. The van der Waals surface area contributed by atoms with Crippen LogP contribution < -0.4 is 0 Å². The van der Waals surface area contributed by atoms with Gasteiger partial charge in [0.25, 0.3) is 0 Å². The van der Waals surface area contributed by atoms with E-state index in [1.54, 1.807) is 0 Å². The van der Waals surface area contributed by atoms with Gasteiger partial charge in [-0.1, -0.05) is 158 Å². The Bertz CT molecular complexity index is 2270. The average molecular weight is 521 g/mol. The van der Waals surface area contributed by atoms with Crippen molar-refractivity contribution in [1.82, 2.24) is 0 Å². The Balaban J connectivity index is 1.37. The lowest BCUT2D eigenvalue weighted by Crippen LogP contribution is -1.91. The molecule has 0 fully saturated rings. The first-order valence-corrected chi connectivity index (χ1v) is 14.3. The van der Waals surface area contributed by atoms with E-state index in [1.807, 2.05) is 0 Å². The predicted octanol–water partition coefficient (Wildman–Crippen LogP) is 11.4. The van der Waals surface area contributed by atoms with Crippen LogP contribution in [0, 0.1) is 0 Å². The zero-order chi connectivity index (χ0) is 27.2. The molecular weight excluding hydrogens is 492 g/mol. The average Bonchev–Trinajstić information content (AvgIpc) is 3.04. The maximum atomic E-state index is 2.36. The summed E-state index contributed by atoms with van der Waals surface area (Å²) in [5, 5.41) is 13.0. The third-order valence-electron chi connectivity index (χ3n) is 8.50. The Labute approximate surface area is 239 Å². The van der Waals surface area contributed by atoms with E-state index in [2.05, 4.69) is 158 Å². The highest BCUT2D eigenvalue weighted by molar-refractivity contribution is 6.25. The monoisotopic (exact) mass is 520 g/mol. The highest BCUT2D eigenvalue weighted by Crippen LogP contribution is 2.43. The van der Waals surface area contributed by atoms with Gasteiger partial charge in [-0.3, -0.25) is 0 Å². The van der Waals surface area contributed by atoms with Gasteiger partial charge in [0.15, 0.2) is 0 Å². The quantitative estimate of drug-likeness (QED) is 0.160. The predicted molar refractivity (Wildman–Crippen MR) is 179 cm³/mol. The third-order valence-corrected chi connectivity index (χ3v) is 8.50.